The monoisotopic (exact) mass is 228 g/mol. The van der Waals surface area contributed by atoms with Gasteiger partial charge in [0.05, 0.1) is 6.61 Å². The lowest BCUT2D eigenvalue weighted by Crippen LogP contribution is -2.52. The molecule has 0 bridgehead atoms. The number of rotatable bonds is 6. The van der Waals surface area contributed by atoms with E-state index in [4.69, 9.17) is 10.5 Å². The second kappa shape index (κ2) is 7.25. The lowest BCUT2D eigenvalue weighted by atomic mass is 9.85. The van der Waals surface area contributed by atoms with E-state index < -0.39 is 0 Å². The summed E-state index contributed by atoms with van der Waals surface area (Å²) in [7, 11) is 0. The average molecular weight is 228 g/mol. The summed E-state index contributed by atoms with van der Waals surface area (Å²) < 4.78 is 5.57. The third-order valence-electron chi connectivity index (χ3n) is 3.56. The standard InChI is InChI=1S/C13H28N2O/c1-4-6-16-7-5-15-10-11(2)8-12(3)13(15)9-14/h11-13H,4-10,14H2,1-3H3. The highest BCUT2D eigenvalue weighted by Gasteiger charge is 2.30. The van der Waals surface area contributed by atoms with Crippen molar-refractivity contribution in [3.63, 3.8) is 0 Å². The van der Waals surface area contributed by atoms with Gasteiger partial charge < -0.3 is 10.5 Å². The molecule has 0 aromatic rings. The third-order valence-corrected chi connectivity index (χ3v) is 3.56. The van der Waals surface area contributed by atoms with Gasteiger partial charge in [-0.25, -0.2) is 0 Å². The van der Waals surface area contributed by atoms with Crippen molar-refractivity contribution in [1.82, 2.24) is 4.90 Å². The number of piperidine rings is 1. The SMILES string of the molecule is CCCOCCN1CC(C)CC(C)C1CN. The third kappa shape index (κ3) is 4.04. The summed E-state index contributed by atoms with van der Waals surface area (Å²) in [4.78, 5) is 2.52. The molecule has 1 fully saturated rings. The Morgan fingerprint density at radius 3 is 2.69 bits per heavy atom. The van der Waals surface area contributed by atoms with Crippen LogP contribution in [0.4, 0.5) is 0 Å². The summed E-state index contributed by atoms with van der Waals surface area (Å²) in [6.07, 6.45) is 2.42. The lowest BCUT2D eigenvalue weighted by molar-refractivity contribution is 0.0363. The lowest BCUT2D eigenvalue weighted by Gasteiger charge is -2.42. The number of nitrogens with zero attached hydrogens (tertiary/aromatic N) is 1. The van der Waals surface area contributed by atoms with Crippen molar-refractivity contribution in [3.05, 3.63) is 0 Å². The van der Waals surface area contributed by atoms with Crippen molar-refractivity contribution in [1.29, 1.82) is 0 Å². The Morgan fingerprint density at radius 2 is 2.06 bits per heavy atom. The van der Waals surface area contributed by atoms with Crippen molar-refractivity contribution in [2.24, 2.45) is 17.6 Å². The molecule has 1 aliphatic heterocycles. The summed E-state index contributed by atoms with van der Waals surface area (Å²) >= 11 is 0. The molecule has 3 heteroatoms. The van der Waals surface area contributed by atoms with Gasteiger partial charge >= 0.3 is 0 Å². The Balaban J connectivity index is 2.35. The number of hydrogen-bond donors (Lipinski definition) is 1. The van der Waals surface area contributed by atoms with E-state index in [9.17, 15) is 0 Å². The predicted molar refractivity (Wildman–Crippen MR) is 68.5 cm³/mol. The topological polar surface area (TPSA) is 38.5 Å². The molecule has 1 aliphatic rings. The first-order chi connectivity index (χ1) is 7.69. The van der Waals surface area contributed by atoms with E-state index in [2.05, 4.69) is 25.7 Å². The molecule has 3 atom stereocenters. The van der Waals surface area contributed by atoms with Crippen molar-refractivity contribution in [2.45, 2.75) is 39.7 Å². The molecule has 3 unspecified atom stereocenters. The van der Waals surface area contributed by atoms with Gasteiger partial charge in [-0.1, -0.05) is 20.8 Å². The smallest absolute Gasteiger partial charge is 0.0593 e. The molecule has 0 amide bonds. The Labute approximate surface area is 100 Å². The molecule has 96 valence electrons. The largest absolute Gasteiger partial charge is 0.380 e. The van der Waals surface area contributed by atoms with Gasteiger partial charge in [-0.2, -0.15) is 0 Å². The molecule has 0 aromatic carbocycles. The van der Waals surface area contributed by atoms with Gasteiger partial charge in [0.25, 0.3) is 0 Å². The van der Waals surface area contributed by atoms with Gasteiger partial charge in [-0.15, -0.1) is 0 Å². The summed E-state index contributed by atoms with van der Waals surface area (Å²) in [6.45, 7) is 11.5. The zero-order valence-corrected chi connectivity index (χ0v) is 11.1. The molecule has 0 aliphatic carbocycles. The normalized spacial score (nSPS) is 31.9. The Morgan fingerprint density at radius 1 is 1.31 bits per heavy atom. The van der Waals surface area contributed by atoms with Gasteiger partial charge in [-0.05, 0) is 24.7 Å². The molecule has 16 heavy (non-hydrogen) atoms. The van der Waals surface area contributed by atoms with E-state index in [0.717, 1.165) is 44.6 Å². The highest BCUT2D eigenvalue weighted by Crippen LogP contribution is 2.26. The highest BCUT2D eigenvalue weighted by atomic mass is 16.5. The minimum Gasteiger partial charge on any atom is -0.380 e. The molecule has 0 spiro atoms. The van der Waals surface area contributed by atoms with Crippen molar-refractivity contribution >= 4 is 0 Å². The maximum atomic E-state index is 5.88. The quantitative estimate of drug-likeness (QED) is 0.704. The minimum absolute atomic E-state index is 0.557. The Hall–Kier alpha value is -0.120. The van der Waals surface area contributed by atoms with E-state index in [-0.39, 0.29) is 0 Å². The van der Waals surface area contributed by atoms with Crippen LogP contribution in [0.15, 0.2) is 0 Å². The summed E-state index contributed by atoms with van der Waals surface area (Å²) in [5, 5.41) is 0. The van der Waals surface area contributed by atoms with Crippen LogP contribution in [-0.4, -0.2) is 43.8 Å². The van der Waals surface area contributed by atoms with Crippen LogP contribution in [0.2, 0.25) is 0 Å². The molecule has 0 aromatic heterocycles. The van der Waals surface area contributed by atoms with Gasteiger partial charge in [0, 0.05) is 32.3 Å². The second-order valence-electron chi connectivity index (χ2n) is 5.23. The van der Waals surface area contributed by atoms with Crippen LogP contribution in [0.25, 0.3) is 0 Å². The Bertz CT molecular complexity index is 187. The molecular formula is C13H28N2O. The fraction of sp³-hybridized carbons (Fsp3) is 1.00. The summed E-state index contributed by atoms with van der Waals surface area (Å²) in [5.74, 6) is 1.52. The van der Waals surface area contributed by atoms with Crippen LogP contribution in [0.3, 0.4) is 0 Å². The second-order valence-corrected chi connectivity index (χ2v) is 5.23. The van der Waals surface area contributed by atoms with Gasteiger partial charge in [0.15, 0.2) is 0 Å². The molecule has 3 nitrogen and oxygen atoms in total. The van der Waals surface area contributed by atoms with Gasteiger partial charge in [0.2, 0.25) is 0 Å². The van der Waals surface area contributed by atoms with Crippen molar-refractivity contribution in [3.8, 4) is 0 Å². The maximum absolute atomic E-state index is 5.88. The summed E-state index contributed by atoms with van der Waals surface area (Å²) in [6, 6.07) is 0.557. The van der Waals surface area contributed by atoms with E-state index in [1.54, 1.807) is 0 Å². The molecular weight excluding hydrogens is 200 g/mol. The predicted octanol–water partition coefficient (Wildman–Crippen LogP) is 1.72. The first-order valence-corrected chi connectivity index (χ1v) is 6.70. The van der Waals surface area contributed by atoms with E-state index >= 15 is 0 Å². The van der Waals surface area contributed by atoms with Gasteiger partial charge in [0.1, 0.15) is 0 Å². The fourth-order valence-corrected chi connectivity index (χ4v) is 2.83. The summed E-state index contributed by atoms with van der Waals surface area (Å²) in [5.41, 5.74) is 5.88. The van der Waals surface area contributed by atoms with E-state index in [1.807, 2.05) is 0 Å². The Kier molecular flexibility index (Phi) is 6.32. The molecule has 1 heterocycles. The fourth-order valence-electron chi connectivity index (χ4n) is 2.83. The molecule has 0 saturated carbocycles. The van der Waals surface area contributed by atoms with Crippen LogP contribution < -0.4 is 5.73 Å². The van der Waals surface area contributed by atoms with Crippen LogP contribution in [0.5, 0.6) is 0 Å². The van der Waals surface area contributed by atoms with E-state index in [0.29, 0.717) is 6.04 Å². The van der Waals surface area contributed by atoms with Crippen molar-refractivity contribution < 1.29 is 4.74 Å². The van der Waals surface area contributed by atoms with Crippen molar-refractivity contribution in [2.75, 3.05) is 32.8 Å². The maximum Gasteiger partial charge on any atom is 0.0593 e. The molecule has 1 rings (SSSR count). The van der Waals surface area contributed by atoms with Crippen LogP contribution in [0.1, 0.15) is 33.6 Å². The zero-order chi connectivity index (χ0) is 12.0. The van der Waals surface area contributed by atoms with Gasteiger partial charge in [-0.3, -0.25) is 4.90 Å². The van der Waals surface area contributed by atoms with Crippen LogP contribution >= 0.6 is 0 Å². The molecule has 0 radical (unpaired) electrons. The minimum atomic E-state index is 0.557. The zero-order valence-electron chi connectivity index (χ0n) is 11.1. The van der Waals surface area contributed by atoms with Crippen LogP contribution in [0, 0.1) is 11.8 Å². The number of likely N-dealkylation sites (tertiary alicyclic amines) is 1. The number of hydrogen-bond acceptors (Lipinski definition) is 3. The molecule has 2 N–H and O–H groups in total. The first kappa shape index (κ1) is 13.9. The number of nitrogens with two attached hydrogens (primary N) is 1. The first-order valence-electron chi connectivity index (χ1n) is 6.70. The number of ether oxygens (including phenoxy) is 1. The van der Waals surface area contributed by atoms with Crippen LogP contribution in [-0.2, 0) is 4.74 Å². The average Bonchev–Trinajstić information content (AvgIpc) is 2.24. The molecule has 1 saturated heterocycles. The van der Waals surface area contributed by atoms with E-state index in [1.165, 1.54) is 13.0 Å². The highest BCUT2D eigenvalue weighted by molar-refractivity contribution is 4.85.